The van der Waals surface area contributed by atoms with Crippen molar-refractivity contribution in [2.45, 2.75) is 135 Å². The van der Waals surface area contributed by atoms with Gasteiger partial charge in [-0.2, -0.15) is 0 Å². The number of carbonyl (C=O) groups is 5. The van der Waals surface area contributed by atoms with Crippen molar-refractivity contribution in [2.24, 2.45) is 29.0 Å². The van der Waals surface area contributed by atoms with Gasteiger partial charge in [-0.05, 0) is 87.6 Å². The summed E-state index contributed by atoms with van der Waals surface area (Å²) >= 11 is 0. The highest BCUT2D eigenvalue weighted by atomic mass is 16.4. The van der Waals surface area contributed by atoms with E-state index < -0.39 is 53.9 Å². The van der Waals surface area contributed by atoms with E-state index in [1.807, 2.05) is 20.8 Å². The molecule has 0 aliphatic carbocycles. The number of aromatic hydroxyl groups is 1. The zero-order chi connectivity index (χ0) is 39.5. The number of unbranched alkanes of at least 4 members (excludes halogenated alkanes) is 2. The standard InChI is InChI=1S/C38H66N8O7/c1-5-25(4)33(36(50)44-31(38(52)53)21-24(2)3)45-34(48)30(22-26-14-16-28(47)17-15-26)43-35(49)32-13-10-20-46(32)37(51)29(12-7-9-19-40)42-23-27(41)11-6-8-18-39/h14-17,24-25,27,29-33,42,47H,5-13,18-23,39-41H2,1-4H3,(H,43,49)(H,44,50)(H,45,48)(H,52,53). The summed E-state index contributed by atoms with van der Waals surface area (Å²) in [4.78, 5) is 69.0. The van der Waals surface area contributed by atoms with E-state index in [4.69, 9.17) is 17.2 Å². The Morgan fingerprint density at radius 1 is 0.868 bits per heavy atom. The number of hydrogen-bond acceptors (Lipinski definition) is 10. The van der Waals surface area contributed by atoms with Crippen LogP contribution in [0.4, 0.5) is 0 Å². The van der Waals surface area contributed by atoms with Gasteiger partial charge in [0.2, 0.25) is 23.6 Å². The first kappa shape index (κ1) is 45.4. The molecule has 1 aromatic rings. The highest BCUT2D eigenvalue weighted by Crippen LogP contribution is 2.21. The number of carboxylic acid groups (broad SMARTS) is 1. The number of aliphatic carboxylic acids is 1. The van der Waals surface area contributed by atoms with Crippen LogP contribution in [0.15, 0.2) is 24.3 Å². The van der Waals surface area contributed by atoms with E-state index in [1.165, 1.54) is 12.1 Å². The maximum absolute atomic E-state index is 14.0. The van der Waals surface area contributed by atoms with Crippen LogP contribution in [0.25, 0.3) is 0 Å². The van der Waals surface area contributed by atoms with Crippen molar-refractivity contribution >= 4 is 29.6 Å². The van der Waals surface area contributed by atoms with E-state index in [1.54, 1.807) is 24.0 Å². The Balaban J connectivity index is 2.31. The van der Waals surface area contributed by atoms with Gasteiger partial charge in [-0.15, -0.1) is 0 Å². The van der Waals surface area contributed by atoms with Crippen molar-refractivity contribution in [3.63, 3.8) is 0 Å². The fourth-order valence-corrected chi connectivity index (χ4v) is 6.51. The van der Waals surface area contributed by atoms with Crippen molar-refractivity contribution in [1.82, 2.24) is 26.2 Å². The third kappa shape index (κ3) is 15.6. The molecule has 15 nitrogen and oxygen atoms in total. The van der Waals surface area contributed by atoms with Gasteiger partial charge in [-0.1, -0.05) is 59.1 Å². The third-order valence-electron chi connectivity index (χ3n) is 9.86. The predicted molar refractivity (Wildman–Crippen MR) is 204 cm³/mol. The number of phenols is 1. The largest absolute Gasteiger partial charge is 0.508 e. The number of benzene rings is 1. The predicted octanol–water partition coefficient (Wildman–Crippen LogP) is 1.10. The molecule has 53 heavy (non-hydrogen) atoms. The van der Waals surface area contributed by atoms with Crippen LogP contribution in [0.3, 0.4) is 0 Å². The van der Waals surface area contributed by atoms with Crippen molar-refractivity contribution in [3.8, 4) is 5.75 Å². The Bertz CT molecular complexity index is 1300. The molecule has 15 heteroatoms. The average molecular weight is 747 g/mol. The Hall–Kier alpha value is -3.79. The van der Waals surface area contributed by atoms with Gasteiger partial charge in [-0.25, -0.2) is 4.79 Å². The van der Waals surface area contributed by atoms with Gasteiger partial charge in [0, 0.05) is 25.6 Å². The lowest BCUT2D eigenvalue weighted by molar-refractivity contribution is -0.143. The maximum Gasteiger partial charge on any atom is 0.326 e. The van der Waals surface area contributed by atoms with Crippen molar-refractivity contribution < 1.29 is 34.2 Å². The highest BCUT2D eigenvalue weighted by Gasteiger charge is 2.39. The van der Waals surface area contributed by atoms with E-state index in [0.717, 1.165) is 32.1 Å². The van der Waals surface area contributed by atoms with Crippen LogP contribution in [0.1, 0.15) is 97.5 Å². The summed E-state index contributed by atoms with van der Waals surface area (Å²) in [5.41, 5.74) is 18.3. The topological polar surface area (TPSA) is 255 Å². The van der Waals surface area contributed by atoms with Gasteiger partial charge in [0.05, 0.1) is 6.04 Å². The zero-order valence-corrected chi connectivity index (χ0v) is 32.1. The second kappa shape index (κ2) is 23.8. The summed E-state index contributed by atoms with van der Waals surface area (Å²) in [6.07, 6.45) is 6.29. The van der Waals surface area contributed by atoms with Crippen molar-refractivity contribution in [2.75, 3.05) is 26.2 Å². The number of nitrogens with two attached hydrogens (primary N) is 3. The monoisotopic (exact) mass is 747 g/mol. The molecule has 1 saturated heterocycles. The normalized spacial score (nSPS) is 17.7. The van der Waals surface area contributed by atoms with Crippen LogP contribution in [-0.4, -0.2) is 107 Å². The molecule has 1 aliphatic heterocycles. The van der Waals surface area contributed by atoms with Crippen LogP contribution >= 0.6 is 0 Å². The molecular weight excluding hydrogens is 680 g/mol. The molecule has 4 amide bonds. The molecule has 300 valence electrons. The van der Waals surface area contributed by atoms with Crippen molar-refractivity contribution in [3.05, 3.63) is 29.8 Å². The van der Waals surface area contributed by atoms with E-state index in [9.17, 15) is 34.2 Å². The van der Waals surface area contributed by atoms with Gasteiger partial charge in [-0.3, -0.25) is 19.2 Å². The summed E-state index contributed by atoms with van der Waals surface area (Å²) in [5.74, 6) is -3.47. The molecular formula is C38H66N8O7. The number of carboxylic acids is 1. The molecule has 12 N–H and O–H groups in total. The number of carbonyl (C=O) groups excluding carboxylic acids is 4. The number of amides is 4. The lowest BCUT2D eigenvalue weighted by atomic mass is 9.96. The van der Waals surface area contributed by atoms with Crippen LogP contribution in [0, 0.1) is 11.8 Å². The lowest BCUT2D eigenvalue weighted by Crippen LogP contribution is -2.60. The molecule has 0 bridgehead atoms. The first-order valence-corrected chi connectivity index (χ1v) is 19.3. The van der Waals surface area contributed by atoms with Crippen LogP contribution in [0.5, 0.6) is 5.75 Å². The number of rotatable bonds is 25. The minimum Gasteiger partial charge on any atom is -0.508 e. The zero-order valence-electron chi connectivity index (χ0n) is 32.1. The molecule has 7 atom stereocenters. The Morgan fingerprint density at radius 2 is 1.51 bits per heavy atom. The quantitative estimate of drug-likeness (QED) is 0.0641. The number of nitrogens with one attached hydrogen (secondary N) is 4. The van der Waals surface area contributed by atoms with E-state index >= 15 is 0 Å². The minimum atomic E-state index is -1.17. The molecule has 1 aromatic carbocycles. The molecule has 1 fully saturated rings. The van der Waals surface area contributed by atoms with Gasteiger partial charge in [0.15, 0.2) is 0 Å². The second-order valence-electron chi connectivity index (χ2n) is 14.8. The average Bonchev–Trinajstić information content (AvgIpc) is 3.62. The van der Waals surface area contributed by atoms with Crippen LogP contribution in [0.2, 0.25) is 0 Å². The molecule has 0 aromatic heterocycles. The van der Waals surface area contributed by atoms with Crippen LogP contribution < -0.4 is 38.5 Å². The van der Waals surface area contributed by atoms with Crippen molar-refractivity contribution in [1.29, 1.82) is 0 Å². The maximum atomic E-state index is 14.0. The molecule has 2 rings (SSSR count). The summed E-state index contributed by atoms with van der Waals surface area (Å²) in [5, 5.41) is 31.2. The molecule has 1 aliphatic rings. The van der Waals surface area contributed by atoms with Gasteiger partial charge in [0.25, 0.3) is 0 Å². The number of likely N-dealkylation sites (tertiary alicyclic amines) is 1. The smallest absolute Gasteiger partial charge is 0.326 e. The minimum absolute atomic E-state index is 0.000946. The molecule has 1 heterocycles. The molecule has 0 radical (unpaired) electrons. The SMILES string of the molecule is CCC(C)C(NC(=O)C(Cc1ccc(O)cc1)NC(=O)C1CCCN1C(=O)C(CCCCN)NCC(N)CCCCN)C(=O)NC(CC(C)C)C(=O)O. The molecule has 0 saturated carbocycles. The van der Waals surface area contributed by atoms with E-state index in [0.29, 0.717) is 57.4 Å². The third-order valence-corrected chi connectivity index (χ3v) is 9.86. The first-order valence-electron chi connectivity index (χ1n) is 19.3. The van der Waals surface area contributed by atoms with E-state index in [-0.39, 0.29) is 42.4 Å². The first-order chi connectivity index (χ1) is 25.2. The van der Waals surface area contributed by atoms with Gasteiger partial charge >= 0.3 is 5.97 Å². The summed E-state index contributed by atoms with van der Waals surface area (Å²) in [7, 11) is 0. The number of phenolic OH excluding ortho intramolecular Hbond substituents is 1. The fourth-order valence-electron chi connectivity index (χ4n) is 6.51. The summed E-state index contributed by atoms with van der Waals surface area (Å²) in [6.45, 7) is 9.24. The lowest BCUT2D eigenvalue weighted by Gasteiger charge is -2.31. The molecule has 7 unspecified atom stereocenters. The Kier molecular flexibility index (Phi) is 20.4. The highest BCUT2D eigenvalue weighted by molar-refractivity contribution is 5.96. The summed E-state index contributed by atoms with van der Waals surface area (Å²) in [6, 6.07) is 1.30. The number of nitrogens with zero attached hydrogens (tertiary/aromatic N) is 1. The fraction of sp³-hybridized carbons (Fsp3) is 0.711. The number of hydrogen-bond donors (Lipinski definition) is 9. The summed E-state index contributed by atoms with van der Waals surface area (Å²) < 4.78 is 0. The van der Waals surface area contributed by atoms with Gasteiger partial charge < -0.3 is 53.6 Å². The second-order valence-corrected chi connectivity index (χ2v) is 14.8. The molecule has 0 spiro atoms. The van der Waals surface area contributed by atoms with Gasteiger partial charge in [0.1, 0.15) is 29.9 Å². The van der Waals surface area contributed by atoms with Crippen LogP contribution in [-0.2, 0) is 30.4 Å². The van der Waals surface area contributed by atoms with E-state index in [2.05, 4.69) is 21.3 Å². The Labute approximate surface area is 314 Å². The Morgan fingerprint density at radius 3 is 2.09 bits per heavy atom.